The molecule has 2 rings (SSSR count). The van der Waals surface area contributed by atoms with Crippen molar-refractivity contribution in [2.24, 2.45) is 0 Å². The molecule has 2 amide bonds. The highest BCUT2D eigenvalue weighted by atomic mass is 35.5. The van der Waals surface area contributed by atoms with Crippen molar-refractivity contribution in [3.05, 3.63) is 41.2 Å². The zero-order valence-electron chi connectivity index (χ0n) is 13.7. The predicted molar refractivity (Wildman–Crippen MR) is 97.4 cm³/mol. The summed E-state index contributed by atoms with van der Waals surface area (Å²) in [5.74, 6) is 0.0422. The van der Waals surface area contributed by atoms with Crippen LogP contribution < -0.4 is 15.4 Å². The summed E-state index contributed by atoms with van der Waals surface area (Å²) in [5, 5.41) is 5.97. The molecule has 0 fully saturated rings. The highest BCUT2D eigenvalue weighted by Crippen LogP contribution is 2.17. The Labute approximate surface area is 154 Å². The first kappa shape index (κ1) is 19.0. The summed E-state index contributed by atoms with van der Waals surface area (Å²) < 4.78 is 5.05. The van der Waals surface area contributed by atoms with Gasteiger partial charge in [-0.1, -0.05) is 23.4 Å². The van der Waals surface area contributed by atoms with E-state index in [1.165, 1.54) is 18.0 Å². The number of thioether (sulfide) groups is 1. The molecular weight excluding hydrogens is 364 g/mol. The summed E-state index contributed by atoms with van der Waals surface area (Å²) >= 11 is 7.24. The number of nitrogens with one attached hydrogen (secondary N) is 2. The van der Waals surface area contributed by atoms with Gasteiger partial charge in [0.05, 0.1) is 18.3 Å². The van der Waals surface area contributed by atoms with Gasteiger partial charge in [-0.15, -0.1) is 0 Å². The number of hydrogen-bond acceptors (Lipinski definition) is 6. The van der Waals surface area contributed by atoms with E-state index in [0.717, 1.165) is 0 Å². The van der Waals surface area contributed by atoms with E-state index < -0.39 is 5.91 Å². The summed E-state index contributed by atoms with van der Waals surface area (Å²) in [6.07, 6.45) is 3.30. The fourth-order valence-corrected chi connectivity index (χ4v) is 2.40. The summed E-state index contributed by atoms with van der Waals surface area (Å²) in [5.41, 5.74) is 0.747. The second kappa shape index (κ2) is 9.24. The quantitative estimate of drug-likeness (QED) is 0.566. The van der Waals surface area contributed by atoms with Crippen molar-refractivity contribution in [2.75, 3.05) is 25.2 Å². The number of nitrogens with zero attached hydrogens (tertiary/aromatic N) is 2. The maximum Gasteiger partial charge on any atom is 0.271 e. The highest BCUT2D eigenvalue weighted by Gasteiger charge is 2.14. The summed E-state index contributed by atoms with van der Waals surface area (Å²) in [6, 6.07) is 6.97. The van der Waals surface area contributed by atoms with Gasteiger partial charge in [0.2, 0.25) is 5.91 Å². The average Bonchev–Trinajstić information content (AvgIpc) is 2.62. The van der Waals surface area contributed by atoms with Crippen LogP contribution in [0.3, 0.4) is 0 Å². The van der Waals surface area contributed by atoms with Gasteiger partial charge in [0.25, 0.3) is 5.91 Å². The van der Waals surface area contributed by atoms with E-state index in [2.05, 4.69) is 20.6 Å². The van der Waals surface area contributed by atoms with Gasteiger partial charge in [-0.3, -0.25) is 9.59 Å². The molecule has 0 aliphatic rings. The molecule has 0 atom stereocenters. The van der Waals surface area contributed by atoms with E-state index in [9.17, 15) is 9.59 Å². The summed E-state index contributed by atoms with van der Waals surface area (Å²) in [4.78, 5) is 32.0. The Morgan fingerprint density at radius 2 is 2.00 bits per heavy atom. The molecule has 0 aliphatic heterocycles. The smallest absolute Gasteiger partial charge is 0.271 e. The number of benzene rings is 1. The first-order valence-corrected chi connectivity index (χ1v) is 8.92. The average molecular weight is 381 g/mol. The van der Waals surface area contributed by atoms with E-state index in [4.69, 9.17) is 16.3 Å². The predicted octanol–water partition coefficient (Wildman–Crippen LogP) is 2.62. The second-order valence-corrected chi connectivity index (χ2v) is 6.02. The van der Waals surface area contributed by atoms with Crippen molar-refractivity contribution in [2.45, 2.75) is 11.6 Å². The minimum absolute atomic E-state index is 0.0941. The molecule has 0 aliphatic carbocycles. The number of aromatic nitrogens is 2. The monoisotopic (exact) mass is 380 g/mol. The molecule has 0 saturated carbocycles. The van der Waals surface area contributed by atoms with Gasteiger partial charge in [0, 0.05) is 18.7 Å². The van der Waals surface area contributed by atoms with Crippen LogP contribution in [0.25, 0.3) is 0 Å². The Kier molecular flexibility index (Phi) is 7.03. The Hall–Kier alpha value is -2.32. The van der Waals surface area contributed by atoms with Crippen LogP contribution in [-0.4, -0.2) is 41.7 Å². The van der Waals surface area contributed by atoms with Crippen LogP contribution in [-0.2, 0) is 4.79 Å². The van der Waals surface area contributed by atoms with Crippen molar-refractivity contribution in [1.29, 1.82) is 0 Å². The lowest BCUT2D eigenvalue weighted by Gasteiger charge is -2.08. The van der Waals surface area contributed by atoms with Crippen LogP contribution in [0.5, 0.6) is 5.75 Å². The van der Waals surface area contributed by atoms with Gasteiger partial charge in [-0.05, 0) is 30.5 Å². The Morgan fingerprint density at radius 3 is 2.64 bits per heavy atom. The molecule has 2 aromatic rings. The standard InChI is InChI=1S/C16H17ClN4O3S/c1-24-11-5-3-10(4-6-11)20-13(22)7-8-18-15(23)14-12(17)9-19-16(21-14)25-2/h3-6,9H,7-8H2,1-2H3,(H,18,23)(H,20,22). The number of carbonyl (C=O) groups is 2. The van der Waals surface area contributed by atoms with Gasteiger partial charge in [0.15, 0.2) is 10.9 Å². The third-order valence-corrected chi connectivity index (χ3v) is 3.97. The fraction of sp³-hybridized carbons (Fsp3) is 0.250. The molecular formula is C16H17ClN4O3S. The zero-order chi connectivity index (χ0) is 18.2. The summed E-state index contributed by atoms with van der Waals surface area (Å²) in [7, 11) is 1.57. The van der Waals surface area contributed by atoms with Crippen LogP contribution in [0.2, 0.25) is 5.02 Å². The van der Waals surface area contributed by atoms with Gasteiger partial charge in [-0.2, -0.15) is 0 Å². The van der Waals surface area contributed by atoms with Crippen LogP contribution in [0, 0.1) is 0 Å². The Balaban J connectivity index is 1.83. The Bertz CT molecular complexity index is 756. The lowest BCUT2D eigenvalue weighted by Crippen LogP contribution is -2.28. The van der Waals surface area contributed by atoms with Crippen molar-refractivity contribution in [3.8, 4) is 5.75 Å². The van der Waals surface area contributed by atoms with Crippen molar-refractivity contribution < 1.29 is 14.3 Å². The molecule has 7 nitrogen and oxygen atoms in total. The number of methoxy groups -OCH3 is 1. The largest absolute Gasteiger partial charge is 0.497 e. The Morgan fingerprint density at radius 1 is 1.28 bits per heavy atom. The van der Waals surface area contributed by atoms with E-state index in [1.54, 1.807) is 37.6 Å². The molecule has 9 heteroatoms. The number of ether oxygens (including phenoxy) is 1. The van der Waals surface area contributed by atoms with Gasteiger partial charge >= 0.3 is 0 Å². The van der Waals surface area contributed by atoms with Crippen LogP contribution in [0.4, 0.5) is 5.69 Å². The highest BCUT2D eigenvalue weighted by molar-refractivity contribution is 7.98. The molecule has 132 valence electrons. The van der Waals surface area contributed by atoms with Crippen LogP contribution in [0.15, 0.2) is 35.6 Å². The molecule has 1 heterocycles. The molecule has 2 N–H and O–H groups in total. The minimum Gasteiger partial charge on any atom is -0.497 e. The number of hydrogen-bond donors (Lipinski definition) is 2. The molecule has 0 unspecified atom stereocenters. The number of anilines is 1. The molecule has 25 heavy (non-hydrogen) atoms. The minimum atomic E-state index is -0.444. The molecule has 0 bridgehead atoms. The molecule has 1 aromatic carbocycles. The molecule has 1 aromatic heterocycles. The third-order valence-electron chi connectivity index (χ3n) is 3.13. The first-order valence-electron chi connectivity index (χ1n) is 7.32. The zero-order valence-corrected chi connectivity index (χ0v) is 15.3. The van der Waals surface area contributed by atoms with Crippen LogP contribution in [0.1, 0.15) is 16.9 Å². The van der Waals surface area contributed by atoms with E-state index >= 15 is 0 Å². The van der Waals surface area contributed by atoms with Gasteiger partial charge < -0.3 is 15.4 Å². The second-order valence-electron chi connectivity index (χ2n) is 4.84. The number of amides is 2. The maximum atomic E-state index is 12.1. The molecule has 0 spiro atoms. The van der Waals surface area contributed by atoms with Gasteiger partial charge in [-0.25, -0.2) is 9.97 Å². The third kappa shape index (κ3) is 5.61. The SMILES string of the molecule is COc1ccc(NC(=O)CCNC(=O)c2nc(SC)ncc2Cl)cc1. The van der Waals surface area contributed by atoms with E-state index in [0.29, 0.717) is 16.6 Å². The van der Waals surface area contributed by atoms with Crippen molar-refractivity contribution >= 4 is 40.9 Å². The number of halogens is 1. The number of rotatable bonds is 7. The van der Waals surface area contributed by atoms with Crippen molar-refractivity contribution in [1.82, 2.24) is 15.3 Å². The van der Waals surface area contributed by atoms with E-state index in [1.807, 2.05) is 0 Å². The topological polar surface area (TPSA) is 93.2 Å². The normalized spacial score (nSPS) is 10.2. The molecule has 0 radical (unpaired) electrons. The van der Waals surface area contributed by atoms with Crippen LogP contribution >= 0.6 is 23.4 Å². The van der Waals surface area contributed by atoms with Crippen molar-refractivity contribution in [3.63, 3.8) is 0 Å². The summed E-state index contributed by atoms with van der Waals surface area (Å²) in [6.45, 7) is 0.162. The van der Waals surface area contributed by atoms with Gasteiger partial charge in [0.1, 0.15) is 5.75 Å². The maximum absolute atomic E-state index is 12.1. The lowest BCUT2D eigenvalue weighted by molar-refractivity contribution is -0.116. The molecule has 0 saturated heterocycles. The number of carbonyl (C=O) groups excluding carboxylic acids is 2. The first-order chi connectivity index (χ1) is 12.0. The van der Waals surface area contributed by atoms with E-state index in [-0.39, 0.29) is 29.6 Å². The fourth-order valence-electron chi connectivity index (χ4n) is 1.88. The lowest BCUT2D eigenvalue weighted by atomic mass is 10.3.